The van der Waals surface area contributed by atoms with Crippen LogP contribution in [-0.4, -0.2) is 34.5 Å². The highest BCUT2D eigenvalue weighted by atomic mass is 16.3. The third-order valence-electron chi connectivity index (χ3n) is 4.15. The van der Waals surface area contributed by atoms with Crippen molar-refractivity contribution in [3.05, 3.63) is 23.8 Å². The van der Waals surface area contributed by atoms with E-state index in [0.717, 1.165) is 18.5 Å². The number of hydrogen-bond donors (Lipinski definition) is 3. The zero-order chi connectivity index (χ0) is 14.5. The smallest absolute Gasteiger partial charge is 0.123 e. The van der Waals surface area contributed by atoms with Gasteiger partial charge in [-0.15, -0.1) is 0 Å². The van der Waals surface area contributed by atoms with Crippen molar-refractivity contribution < 1.29 is 15.3 Å². The maximum Gasteiger partial charge on any atom is 0.123 e. The molecule has 0 saturated heterocycles. The quantitative estimate of drug-likeness (QED) is 0.775. The summed E-state index contributed by atoms with van der Waals surface area (Å²) in [7, 11) is 0. The van der Waals surface area contributed by atoms with Gasteiger partial charge in [0.2, 0.25) is 0 Å². The van der Waals surface area contributed by atoms with Crippen molar-refractivity contribution in [3.8, 4) is 5.75 Å². The van der Waals surface area contributed by atoms with Gasteiger partial charge in [-0.2, -0.15) is 0 Å². The molecule has 20 heavy (non-hydrogen) atoms. The summed E-state index contributed by atoms with van der Waals surface area (Å²) in [5.74, 6) is 0.122. The van der Waals surface area contributed by atoms with Gasteiger partial charge in [0.05, 0.1) is 12.7 Å². The van der Waals surface area contributed by atoms with Crippen molar-refractivity contribution in [2.24, 2.45) is 0 Å². The molecule has 1 aliphatic carbocycles. The average molecular weight is 279 g/mol. The molecule has 1 atom stereocenters. The van der Waals surface area contributed by atoms with Gasteiger partial charge < -0.3 is 20.2 Å². The van der Waals surface area contributed by atoms with Crippen molar-refractivity contribution in [2.75, 3.05) is 18.1 Å². The lowest BCUT2D eigenvalue weighted by atomic mass is 9.93. The minimum absolute atomic E-state index is 0.107. The number of aliphatic hydroxyl groups is 2. The number of aromatic hydroxyl groups is 1. The average Bonchev–Trinajstić information content (AvgIpc) is 2.45. The van der Waals surface area contributed by atoms with Crippen LogP contribution < -0.4 is 4.90 Å². The van der Waals surface area contributed by atoms with Crippen LogP contribution in [0.4, 0.5) is 5.69 Å². The molecule has 3 N–H and O–H groups in total. The Bertz CT molecular complexity index is 428. The molecule has 0 aliphatic heterocycles. The van der Waals surface area contributed by atoms with E-state index in [1.807, 2.05) is 6.07 Å². The van der Waals surface area contributed by atoms with Gasteiger partial charge in [-0.25, -0.2) is 0 Å². The van der Waals surface area contributed by atoms with Gasteiger partial charge in [0.25, 0.3) is 0 Å². The molecular weight excluding hydrogens is 254 g/mol. The van der Waals surface area contributed by atoms with E-state index in [-0.39, 0.29) is 12.4 Å². The number of phenols is 1. The van der Waals surface area contributed by atoms with Gasteiger partial charge in [0.15, 0.2) is 0 Å². The number of benzene rings is 1. The molecule has 1 aromatic carbocycles. The number of hydrogen-bond acceptors (Lipinski definition) is 4. The normalized spacial score (nSPS) is 17.9. The molecule has 112 valence electrons. The predicted octanol–water partition coefficient (Wildman–Crippen LogP) is 2.58. The zero-order valence-corrected chi connectivity index (χ0v) is 12.1. The molecule has 1 unspecified atom stereocenters. The summed E-state index contributed by atoms with van der Waals surface area (Å²) in [6.45, 7) is 2.33. The molecule has 4 nitrogen and oxygen atoms in total. The van der Waals surface area contributed by atoms with E-state index >= 15 is 0 Å². The van der Waals surface area contributed by atoms with E-state index in [4.69, 9.17) is 0 Å². The van der Waals surface area contributed by atoms with Gasteiger partial charge in [0.1, 0.15) is 5.75 Å². The summed E-state index contributed by atoms with van der Waals surface area (Å²) >= 11 is 0. The summed E-state index contributed by atoms with van der Waals surface area (Å²) in [6.07, 6.45) is 5.34. The second-order valence-corrected chi connectivity index (χ2v) is 5.63. The second-order valence-electron chi connectivity index (χ2n) is 5.63. The van der Waals surface area contributed by atoms with Crippen molar-refractivity contribution >= 4 is 5.69 Å². The molecule has 0 radical (unpaired) electrons. The first-order chi connectivity index (χ1) is 9.63. The predicted molar refractivity (Wildman–Crippen MR) is 80.0 cm³/mol. The molecular formula is C16H25NO3. The van der Waals surface area contributed by atoms with Gasteiger partial charge in [-0.05, 0) is 25.8 Å². The molecule has 1 saturated carbocycles. The highest BCUT2D eigenvalue weighted by Gasteiger charge is 2.22. The Morgan fingerprint density at radius 3 is 2.50 bits per heavy atom. The Kier molecular flexibility index (Phi) is 5.26. The van der Waals surface area contributed by atoms with Gasteiger partial charge >= 0.3 is 0 Å². The van der Waals surface area contributed by atoms with Crippen LogP contribution in [0.1, 0.15) is 50.7 Å². The lowest BCUT2D eigenvalue weighted by Crippen LogP contribution is -2.38. The van der Waals surface area contributed by atoms with Crippen molar-refractivity contribution in [2.45, 2.75) is 51.2 Å². The Morgan fingerprint density at radius 2 is 1.95 bits per heavy atom. The summed E-state index contributed by atoms with van der Waals surface area (Å²) in [5.41, 5.74) is 1.47. The van der Waals surface area contributed by atoms with Crippen LogP contribution >= 0.6 is 0 Å². The van der Waals surface area contributed by atoms with E-state index in [0.29, 0.717) is 18.2 Å². The molecule has 0 spiro atoms. The maximum atomic E-state index is 10.0. The lowest BCUT2D eigenvalue weighted by molar-refractivity contribution is 0.195. The topological polar surface area (TPSA) is 63.9 Å². The van der Waals surface area contributed by atoms with Crippen LogP contribution in [0, 0.1) is 0 Å². The summed E-state index contributed by atoms with van der Waals surface area (Å²) in [4.78, 5) is 2.19. The van der Waals surface area contributed by atoms with Crippen molar-refractivity contribution in [1.29, 1.82) is 0 Å². The maximum absolute atomic E-state index is 10.0. The molecule has 0 aromatic heterocycles. The van der Waals surface area contributed by atoms with Crippen LogP contribution in [-0.2, 0) is 0 Å². The molecule has 4 heteroatoms. The molecule has 0 amide bonds. The fourth-order valence-corrected chi connectivity index (χ4v) is 3.09. The Morgan fingerprint density at radius 1 is 1.25 bits per heavy atom. The minimum Gasteiger partial charge on any atom is -0.507 e. The SMILES string of the molecule is CC(O)c1ccc(N(CCO)C2CCCCC2)cc1O. The number of phenolic OH excluding ortho intramolecular Hbond substituents is 1. The first kappa shape index (κ1) is 15.1. The lowest BCUT2D eigenvalue weighted by Gasteiger charge is -2.36. The zero-order valence-electron chi connectivity index (χ0n) is 12.1. The molecule has 0 bridgehead atoms. The Hall–Kier alpha value is -1.26. The van der Waals surface area contributed by atoms with Crippen LogP contribution in [0.15, 0.2) is 18.2 Å². The van der Waals surface area contributed by atoms with Gasteiger partial charge in [0, 0.05) is 29.9 Å². The van der Waals surface area contributed by atoms with E-state index in [1.54, 1.807) is 19.1 Å². The number of rotatable bonds is 5. The van der Waals surface area contributed by atoms with Crippen LogP contribution in [0.2, 0.25) is 0 Å². The standard InChI is InChI=1S/C16H25NO3/c1-12(19)15-8-7-14(11-16(15)20)17(9-10-18)13-5-3-2-4-6-13/h7-8,11-13,18-20H,2-6,9-10H2,1H3. The monoisotopic (exact) mass is 279 g/mol. The second kappa shape index (κ2) is 6.95. The van der Waals surface area contributed by atoms with Crippen molar-refractivity contribution in [3.63, 3.8) is 0 Å². The van der Waals surface area contributed by atoms with Gasteiger partial charge in [-0.1, -0.05) is 25.3 Å². The summed E-state index contributed by atoms with van der Waals surface area (Å²) < 4.78 is 0. The third-order valence-corrected chi connectivity index (χ3v) is 4.15. The Balaban J connectivity index is 2.22. The number of nitrogens with zero attached hydrogens (tertiary/aromatic N) is 1. The van der Waals surface area contributed by atoms with E-state index in [9.17, 15) is 15.3 Å². The van der Waals surface area contributed by atoms with E-state index in [2.05, 4.69) is 4.90 Å². The third kappa shape index (κ3) is 3.44. The first-order valence-electron chi connectivity index (χ1n) is 7.52. The fourth-order valence-electron chi connectivity index (χ4n) is 3.09. The van der Waals surface area contributed by atoms with E-state index < -0.39 is 6.10 Å². The Labute approximate surface area is 120 Å². The largest absolute Gasteiger partial charge is 0.507 e. The number of anilines is 1. The van der Waals surface area contributed by atoms with E-state index in [1.165, 1.54) is 19.3 Å². The number of aliphatic hydroxyl groups excluding tert-OH is 2. The highest BCUT2D eigenvalue weighted by Crippen LogP contribution is 2.32. The summed E-state index contributed by atoms with van der Waals surface area (Å²) in [5, 5.41) is 28.9. The molecule has 1 aliphatic rings. The van der Waals surface area contributed by atoms with Gasteiger partial charge in [-0.3, -0.25) is 0 Å². The molecule has 1 fully saturated rings. The van der Waals surface area contributed by atoms with Crippen molar-refractivity contribution in [1.82, 2.24) is 0 Å². The summed E-state index contributed by atoms with van der Waals surface area (Å²) in [6, 6.07) is 5.83. The molecule has 0 heterocycles. The van der Waals surface area contributed by atoms with Crippen LogP contribution in [0.5, 0.6) is 5.75 Å². The fraction of sp³-hybridized carbons (Fsp3) is 0.625. The highest BCUT2D eigenvalue weighted by molar-refractivity contribution is 5.54. The first-order valence-corrected chi connectivity index (χ1v) is 7.52. The minimum atomic E-state index is -0.676. The molecule has 2 rings (SSSR count). The molecule has 1 aromatic rings. The van der Waals surface area contributed by atoms with Crippen LogP contribution in [0.3, 0.4) is 0 Å². The van der Waals surface area contributed by atoms with Crippen LogP contribution in [0.25, 0.3) is 0 Å².